The second-order valence-corrected chi connectivity index (χ2v) is 5.18. The van der Waals surface area contributed by atoms with E-state index in [1.54, 1.807) is 13.3 Å². The van der Waals surface area contributed by atoms with Gasteiger partial charge in [0.25, 0.3) is 0 Å². The van der Waals surface area contributed by atoms with Gasteiger partial charge < -0.3 is 15.2 Å². The SMILES string of the molecule is COCCNCCC(C)(O)c1ccc2ncccc2c1. The third kappa shape index (κ3) is 3.76. The Labute approximate surface area is 119 Å². The van der Waals surface area contributed by atoms with Crippen molar-refractivity contribution in [1.29, 1.82) is 0 Å². The molecule has 1 unspecified atom stereocenters. The highest BCUT2D eigenvalue weighted by Gasteiger charge is 2.22. The van der Waals surface area contributed by atoms with Gasteiger partial charge in [-0.3, -0.25) is 4.98 Å². The molecule has 20 heavy (non-hydrogen) atoms. The lowest BCUT2D eigenvalue weighted by molar-refractivity contribution is 0.0476. The predicted molar refractivity (Wildman–Crippen MR) is 80.7 cm³/mol. The van der Waals surface area contributed by atoms with Gasteiger partial charge in [0.05, 0.1) is 17.7 Å². The van der Waals surface area contributed by atoms with Crippen LogP contribution in [0, 0.1) is 0 Å². The van der Waals surface area contributed by atoms with Crippen LogP contribution in [0.1, 0.15) is 18.9 Å². The molecule has 1 atom stereocenters. The van der Waals surface area contributed by atoms with Crippen molar-refractivity contribution < 1.29 is 9.84 Å². The van der Waals surface area contributed by atoms with E-state index in [4.69, 9.17) is 4.74 Å². The summed E-state index contributed by atoms with van der Waals surface area (Å²) in [6.45, 7) is 4.09. The van der Waals surface area contributed by atoms with Crippen LogP contribution in [0.25, 0.3) is 10.9 Å². The summed E-state index contributed by atoms with van der Waals surface area (Å²) in [4.78, 5) is 4.29. The van der Waals surface area contributed by atoms with Crippen molar-refractivity contribution in [2.45, 2.75) is 18.9 Å². The molecule has 0 aliphatic rings. The summed E-state index contributed by atoms with van der Waals surface area (Å²) < 4.78 is 4.97. The van der Waals surface area contributed by atoms with Crippen molar-refractivity contribution >= 4 is 10.9 Å². The summed E-state index contributed by atoms with van der Waals surface area (Å²) in [6.07, 6.45) is 2.43. The van der Waals surface area contributed by atoms with Crippen LogP contribution in [0.2, 0.25) is 0 Å². The fourth-order valence-corrected chi connectivity index (χ4v) is 2.19. The van der Waals surface area contributed by atoms with E-state index in [9.17, 15) is 5.11 Å². The first kappa shape index (κ1) is 14.9. The van der Waals surface area contributed by atoms with Gasteiger partial charge in [-0.25, -0.2) is 0 Å². The number of rotatable bonds is 7. The molecule has 1 aromatic heterocycles. The minimum atomic E-state index is -0.843. The molecule has 0 aliphatic carbocycles. The van der Waals surface area contributed by atoms with Gasteiger partial charge >= 0.3 is 0 Å². The fraction of sp³-hybridized carbons (Fsp3) is 0.438. The van der Waals surface area contributed by atoms with Crippen LogP contribution in [0.3, 0.4) is 0 Å². The molecule has 0 saturated heterocycles. The second-order valence-electron chi connectivity index (χ2n) is 5.18. The molecule has 4 nitrogen and oxygen atoms in total. The zero-order valence-corrected chi connectivity index (χ0v) is 12.1. The molecule has 1 aromatic carbocycles. The summed E-state index contributed by atoms with van der Waals surface area (Å²) in [6, 6.07) is 9.84. The molecule has 108 valence electrons. The van der Waals surface area contributed by atoms with Crippen LogP contribution >= 0.6 is 0 Å². The number of pyridine rings is 1. The van der Waals surface area contributed by atoms with Crippen LogP contribution < -0.4 is 5.32 Å². The van der Waals surface area contributed by atoms with E-state index in [0.717, 1.165) is 29.6 Å². The third-order valence-corrected chi connectivity index (χ3v) is 3.50. The summed E-state index contributed by atoms with van der Waals surface area (Å²) in [5, 5.41) is 14.9. The monoisotopic (exact) mass is 274 g/mol. The van der Waals surface area contributed by atoms with Crippen molar-refractivity contribution in [1.82, 2.24) is 10.3 Å². The van der Waals surface area contributed by atoms with E-state index in [0.29, 0.717) is 13.0 Å². The van der Waals surface area contributed by atoms with Crippen LogP contribution in [0.5, 0.6) is 0 Å². The Hall–Kier alpha value is -1.49. The number of aliphatic hydroxyl groups is 1. The number of benzene rings is 1. The minimum absolute atomic E-state index is 0.655. The van der Waals surface area contributed by atoms with E-state index in [2.05, 4.69) is 10.3 Å². The molecular formula is C16H22N2O2. The highest BCUT2D eigenvalue weighted by Crippen LogP contribution is 2.26. The zero-order valence-electron chi connectivity index (χ0n) is 12.1. The average molecular weight is 274 g/mol. The summed E-state index contributed by atoms with van der Waals surface area (Å²) >= 11 is 0. The molecular weight excluding hydrogens is 252 g/mol. The number of ether oxygens (including phenoxy) is 1. The second kappa shape index (κ2) is 6.79. The molecule has 2 rings (SSSR count). The molecule has 4 heteroatoms. The number of nitrogens with zero attached hydrogens (tertiary/aromatic N) is 1. The number of aromatic nitrogens is 1. The molecule has 2 N–H and O–H groups in total. The molecule has 0 bridgehead atoms. The zero-order chi connectivity index (χ0) is 14.4. The lowest BCUT2D eigenvalue weighted by Crippen LogP contribution is -2.29. The molecule has 0 radical (unpaired) electrons. The maximum Gasteiger partial charge on any atom is 0.0880 e. The Morgan fingerprint density at radius 2 is 2.15 bits per heavy atom. The first-order valence-electron chi connectivity index (χ1n) is 6.91. The first-order valence-corrected chi connectivity index (χ1v) is 6.91. The molecule has 2 aromatic rings. The van der Waals surface area contributed by atoms with Gasteiger partial charge in [0, 0.05) is 25.2 Å². The van der Waals surface area contributed by atoms with Crippen molar-refractivity contribution in [3.8, 4) is 0 Å². The largest absolute Gasteiger partial charge is 0.385 e. The topological polar surface area (TPSA) is 54.4 Å². The molecule has 0 saturated carbocycles. The molecule has 1 heterocycles. The minimum Gasteiger partial charge on any atom is -0.385 e. The van der Waals surface area contributed by atoms with E-state index < -0.39 is 5.60 Å². The Kier molecular flexibility index (Phi) is 5.06. The molecule has 0 spiro atoms. The highest BCUT2D eigenvalue weighted by atomic mass is 16.5. The van der Waals surface area contributed by atoms with E-state index in [1.165, 1.54) is 0 Å². The molecule has 0 fully saturated rings. The molecule has 0 aliphatic heterocycles. The van der Waals surface area contributed by atoms with Crippen molar-refractivity contribution in [3.63, 3.8) is 0 Å². The predicted octanol–water partition coefficient (Wildman–Crippen LogP) is 2.07. The summed E-state index contributed by atoms with van der Waals surface area (Å²) in [5.74, 6) is 0. The van der Waals surface area contributed by atoms with Crippen LogP contribution in [-0.2, 0) is 10.3 Å². The van der Waals surface area contributed by atoms with Crippen molar-refractivity contribution in [2.24, 2.45) is 0 Å². The molecule has 0 amide bonds. The lowest BCUT2D eigenvalue weighted by atomic mass is 9.91. The van der Waals surface area contributed by atoms with Gasteiger partial charge in [0.15, 0.2) is 0 Å². The van der Waals surface area contributed by atoms with Gasteiger partial charge in [-0.2, -0.15) is 0 Å². The Morgan fingerprint density at radius 1 is 1.30 bits per heavy atom. The highest BCUT2D eigenvalue weighted by molar-refractivity contribution is 5.79. The Balaban J connectivity index is 2.02. The Morgan fingerprint density at radius 3 is 2.95 bits per heavy atom. The maximum atomic E-state index is 10.6. The summed E-state index contributed by atoms with van der Waals surface area (Å²) in [7, 11) is 1.68. The van der Waals surface area contributed by atoms with Crippen molar-refractivity contribution in [3.05, 3.63) is 42.1 Å². The fourth-order valence-electron chi connectivity index (χ4n) is 2.19. The number of methoxy groups -OCH3 is 1. The van der Waals surface area contributed by atoms with E-state index in [-0.39, 0.29) is 0 Å². The lowest BCUT2D eigenvalue weighted by Gasteiger charge is -2.24. The van der Waals surface area contributed by atoms with Gasteiger partial charge in [-0.05, 0) is 43.7 Å². The average Bonchev–Trinajstić information content (AvgIpc) is 2.46. The van der Waals surface area contributed by atoms with Crippen LogP contribution in [0.4, 0.5) is 0 Å². The van der Waals surface area contributed by atoms with Crippen LogP contribution in [-0.4, -0.2) is 36.9 Å². The third-order valence-electron chi connectivity index (χ3n) is 3.50. The van der Waals surface area contributed by atoms with E-state index in [1.807, 2.05) is 37.3 Å². The van der Waals surface area contributed by atoms with Crippen molar-refractivity contribution in [2.75, 3.05) is 26.8 Å². The smallest absolute Gasteiger partial charge is 0.0880 e. The number of hydrogen-bond acceptors (Lipinski definition) is 4. The van der Waals surface area contributed by atoms with Crippen LogP contribution in [0.15, 0.2) is 36.5 Å². The number of hydrogen-bond donors (Lipinski definition) is 2. The normalized spacial score (nSPS) is 14.3. The maximum absolute atomic E-state index is 10.6. The first-order chi connectivity index (χ1) is 9.63. The number of nitrogens with one attached hydrogen (secondary N) is 1. The Bertz CT molecular complexity index is 555. The quantitative estimate of drug-likeness (QED) is 0.759. The van der Waals surface area contributed by atoms with Gasteiger partial charge in [0.2, 0.25) is 0 Å². The van der Waals surface area contributed by atoms with Gasteiger partial charge in [-0.15, -0.1) is 0 Å². The number of fused-ring (bicyclic) bond motifs is 1. The summed E-state index contributed by atoms with van der Waals surface area (Å²) in [5.41, 5.74) is 1.03. The van der Waals surface area contributed by atoms with E-state index >= 15 is 0 Å². The van der Waals surface area contributed by atoms with Gasteiger partial charge in [-0.1, -0.05) is 12.1 Å². The standard InChI is InChI=1S/C16H22N2O2/c1-16(19,7-9-17-10-11-20-2)14-5-6-15-13(12-14)4-3-8-18-15/h3-6,8,12,17,19H,7,9-11H2,1-2H3. The van der Waals surface area contributed by atoms with Gasteiger partial charge in [0.1, 0.15) is 0 Å².